The molecule has 0 bridgehead atoms. The van der Waals surface area contributed by atoms with E-state index in [0.29, 0.717) is 19.3 Å². The van der Waals surface area contributed by atoms with Gasteiger partial charge in [0.2, 0.25) is 0 Å². The van der Waals surface area contributed by atoms with Crippen LogP contribution in [0, 0.1) is 5.92 Å². The normalized spacial score (nSPS) is 11.9. The minimum atomic E-state index is -0.758. The van der Waals surface area contributed by atoms with Crippen molar-refractivity contribution in [1.29, 1.82) is 0 Å². The number of hydrogen-bond acceptors (Lipinski definition) is 6. The van der Waals surface area contributed by atoms with E-state index in [0.717, 1.165) is 70.1 Å². The molecule has 0 saturated carbocycles. The summed E-state index contributed by atoms with van der Waals surface area (Å²) in [7, 11) is 0. The Bertz CT molecular complexity index is 766. The lowest BCUT2D eigenvalue weighted by atomic mass is 10.0. The summed E-state index contributed by atoms with van der Waals surface area (Å²) in [6, 6.07) is 0. The molecule has 302 valence electrons. The Labute approximate surface area is 317 Å². The van der Waals surface area contributed by atoms with Crippen LogP contribution in [-0.2, 0) is 28.6 Å². The van der Waals surface area contributed by atoms with Gasteiger partial charge in [0, 0.05) is 19.3 Å². The Hall–Kier alpha value is -1.59. The molecule has 0 spiro atoms. The van der Waals surface area contributed by atoms with E-state index in [4.69, 9.17) is 14.2 Å². The number of carbonyl (C=O) groups excluding carboxylic acids is 3. The maximum Gasteiger partial charge on any atom is 0.306 e. The molecule has 0 radical (unpaired) electrons. The average Bonchev–Trinajstić information content (AvgIpc) is 3.11. The standard InChI is InChI=1S/C45H86O6/c1-5-7-9-11-12-13-14-15-16-17-18-19-20-21-25-29-33-37-44(47)50-40-42(39-49-43(46)36-32-27-10-8-6-2)51-45(48)38-34-30-26-23-22-24-28-31-35-41(3)4/h41-42H,5-40H2,1-4H3/t42-/m1/s1. The van der Waals surface area contributed by atoms with Crippen molar-refractivity contribution in [2.24, 2.45) is 5.92 Å². The van der Waals surface area contributed by atoms with Gasteiger partial charge in [0.15, 0.2) is 6.10 Å². The van der Waals surface area contributed by atoms with Crippen LogP contribution in [0.3, 0.4) is 0 Å². The highest BCUT2D eigenvalue weighted by atomic mass is 16.6. The van der Waals surface area contributed by atoms with Gasteiger partial charge in [-0.2, -0.15) is 0 Å². The summed E-state index contributed by atoms with van der Waals surface area (Å²) in [5, 5.41) is 0. The van der Waals surface area contributed by atoms with Gasteiger partial charge >= 0.3 is 17.9 Å². The Morgan fingerprint density at radius 3 is 0.961 bits per heavy atom. The van der Waals surface area contributed by atoms with E-state index in [2.05, 4.69) is 27.7 Å². The molecule has 1 atom stereocenters. The van der Waals surface area contributed by atoms with Crippen molar-refractivity contribution in [3.63, 3.8) is 0 Å². The first-order valence-corrected chi connectivity index (χ1v) is 22.4. The van der Waals surface area contributed by atoms with Crippen molar-refractivity contribution >= 4 is 17.9 Å². The SMILES string of the molecule is CCCCCCCCCCCCCCCCCCCC(=O)OC[C@@H](COC(=O)CCCCCCC)OC(=O)CCCCCCCCCCC(C)C. The maximum absolute atomic E-state index is 12.6. The van der Waals surface area contributed by atoms with E-state index in [9.17, 15) is 14.4 Å². The third-order valence-corrected chi connectivity index (χ3v) is 10.0. The molecule has 0 amide bonds. The topological polar surface area (TPSA) is 78.9 Å². The molecule has 0 unspecified atom stereocenters. The summed E-state index contributed by atoms with van der Waals surface area (Å²) in [4.78, 5) is 37.4. The van der Waals surface area contributed by atoms with Crippen molar-refractivity contribution in [1.82, 2.24) is 0 Å². The molecule has 0 aromatic heterocycles. The van der Waals surface area contributed by atoms with E-state index in [1.165, 1.54) is 135 Å². The molecule has 0 heterocycles. The molecule has 0 saturated heterocycles. The molecule has 0 aliphatic carbocycles. The second-order valence-corrected chi connectivity index (χ2v) is 15.8. The van der Waals surface area contributed by atoms with Crippen LogP contribution in [0.5, 0.6) is 0 Å². The first kappa shape index (κ1) is 49.4. The third-order valence-electron chi connectivity index (χ3n) is 10.0. The molecule has 0 fully saturated rings. The molecule has 0 rings (SSSR count). The summed E-state index contributed by atoms with van der Waals surface area (Å²) in [5.41, 5.74) is 0. The number of rotatable bonds is 40. The predicted octanol–water partition coefficient (Wildman–Crippen LogP) is 13.9. The van der Waals surface area contributed by atoms with Gasteiger partial charge in [-0.15, -0.1) is 0 Å². The smallest absolute Gasteiger partial charge is 0.306 e. The molecule has 0 aliphatic rings. The molecule has 0 aromatic carbocycles. The summed E-state index contributed by atoms with van der Waals surface area (Å²) in [5.74, 6) is -0.0780. The van der Waals surface area contributed by atoms with Gasteiger partial charge in [-0.1, -0.05) is 207 Å². The van der Waals surface area contributed by atoms with Gasteiger partial charge in [-0.3, -0.25) is 14.4 Å². The molecule has 0 aliphatic heterocycles. The van der Waals surface area contributed by atoms with Crippen LogP contribution in [0.4, 0.5) is 0 Å². The monoisotopic (exact) mass is 723 g/mol. The van der Waals surface area contributed by atoms with Gasteiger partial charge in [-0.25, -0.2) is 0 Å². The van der Waals surface area contributed by atoms with Crippen LogP contribution in [0.25, 0.3) is 0 Å². The quantitative estimate of drug-likeness (QED) is 0.0356. The van der Waals surface area contributed by atoms with Crippen molar-refractivity contribution in [3.05, 3.63) is 0 Å². The highest BCUT2D eigenvalue weighted by molar-refractivity contribution is 5.71. The second-order valence-electron chi connectivity index (χ2n) is 15.8. The zero-order valence-electron chi connectivity index (χ0n) is 34.6. The van der Waals surface area contributed by atoms with Crippen LogP contribution in [0.2, 0.25) is 0 Å². The first-order valence-electron chi connectivity index (χ1n) is 22.4. The Morgan fingerprint density at radius 2 is 0.647 bits per heavy atom. The maximum atomic E-state index is 12.6. The molecule has 0 N–H and O–H groups in total. The molecular formula is C45H86O6. The molecule has 6 nitrogen and oxygen atoms in total. The fourth-order valence-corrected chi connectivity index (χ4v) is 6.63. The molecule has 0 aromatic rings. The molecule has 51 heavy (non-hydrogen) atoms. The number of hydrogen-bond donors (Lipinski definition) is 0. The summed E-state index contributed by atoms with van der Waals surface area (Å²) in [6.45, 7) is 8.88. The predicted molar refractivity (Wildman–Crippen MR) is 215 cm³/mol. The van der Waals surface area contributed by atoms with Gasteiger partial charge in [0.1, 0.15) is 13.2 Å². The largest absolute Gasteiger partial charge is 0.462 e. The van der Waals surface area contributed by atoms with Gasteiger partial charge < -0.3 is 14.2 Å². The number of ether oxygens (including phenoxy) is 3. The van der Waals surface area contributed by atoms with Crippen LogP contribution < -0.4 is 0 Å². The van der Waals surface area contributed by atoms with E-state index >= 15 is 0 Å². The average molecular weight is 723 g/mol. The molecule has 6 heteroatoms. The van der Waals surface area contributed by atoms with Crippen molar-refractivity contribution in [3.8, 4) is 0 Å². The highest BCUT2D eigenvalue weighted by Crippen LogP contribution is 2.16. The molecular weight excluding hydrogens is 636 g/mol. The second kappa shape index (κ2) is 39.6. The Morgan fingerprint density at radius 1 is 0.373 bits per heavy atom. The minimum Gasteiger partial charge on any atom is -0.462 e. The van der Waals surface area contributed by atoms with Gasteiger partial charge in [0.05, 0.1) is 0 Å². The van der Waals surface area contributed by atoms with E-state index in [-0.39, 0.29) is 31.1 Å². The summed E-state index contributed by atoms with van der Waals surface area (Å²) < 4.78 is 16.6. The number of carbonyl (C=O) groups is 3. The summed E-state index contributed by atoms with van der Waals surface area (Å²) >= 11 is 0. The van der Waals surface area contributed by atoms with Crippen LogP contribution in [-0.4, -0.2) is 37.2 Å². The van der Waals surface area contributed by atoms with E-state index in [1.807, 2.05) is 0 Å². The lowest BCUT2D eigenvalue weighted by Gasteiger charge is -2.18. The lowest BCUT2D eigenvalue weighted by Crippen LogP contribution is -2.30. The van der Waals surface area contributed by atoms with Crippen LogP contribution in [0.1, 0.15) is 246 Å². The van der Waals surface area contributed by atoms with Crippen molar-refractivity contribution in [2.75, 3.05) is 13.2 Å². The highest BCUT2D eigenvalue weighted by Gasteiger charge is 2.19. The summed E-state index contributed by atoms with van der Waals surface area (Å²) in [6.07, 6.45) is 38.4. The lowest BCUT2D eigenvalue weighted by molar-refractivity contribution is -0.167. The number of unbranched alkanes of at least 4 members (excludes halogenated alkanes) is 27. The zero-order chi connectivity index (χ0) is 37.5. The fourth-order valence-electron chi connectivity index (χ4n) is 6.63. The van der Waals surface area contributed by atoms with Crippen LogP contribution >= 0.6 is 0 Å². The van der Waals surface area contributed by atoms with E-state index in [1.54, 1.807) is 0 Å². The Kier molecular flexibility index (Phi) is 38.4. The zero-order valence-corrected chi connectivity index (χ0v) is 34.6. The third kappa shape index (κ3) is 39.5. The minimum absolute atomic E-state index is 0.0654. The van der Waals surface area contributed by atoms with Gasteiger partial charge in [0.25, 0.3) is 0 Å². The fraction of sp³-hybridized carbons (Fsp3) is 0.933. The van der Waals surface area contributed by atoms with Crippen LogP contribution in [0.15, 0.2) is 0 Å². The van der Waals surface area contributed by atoms with Crippen molar-refractivity contribution < 1.29 is 28.6 Å². The van der Waals surface area contributed by atoms with E-state index < -0.39 is 6.10 Å². The van der Waals surface area contributed by atoms with Gasteiger partial charge in [-0.05, 0) is 25.2 Å². The van der Waals surface area contributed by atoms with Crippen molar-refractivity contribution in [2.45, 2.75) is 252 Å². The number of esters is 3. The first-order chi connectivity index (χ1) is 24.9. The Balaban J connectivity index is 4.14.